The molecule has 1 saturated heterocycles. The van der Waals surface area contributed by atoms with Gasteiger partial charge in [-0.2, -0.15) is 13.2 Å². The Balaban J connectivity index is 1.17. The normalized spacial score (nSPS) is 24.3. The molecule has 220 valence electrons. The molecule has 1 aromatic carbocycles. The predicted octanol–water partition coefficient (Wildman–Crippen LogP) is 6.19. The highest BCUT2D eigenvalue weighted by Crippen LogP contribution is 2.39. The zero-order valence-electron chi connectivity index (χ0n) is 23.7. The zero-order valence-corrected chi connectivity index (χ0v) is 23.7. The van der Waals surface area contributed by atoms with Crippen molar-refractivity contribution in [2.75, 3.05) is 31.1 Å². The Hall–Kier alpha value is -3.04. The lowest BCUT2D eigenvalue weighted by Crippen LogP contribution is -2.48. The molecular formula is C30H41F3N4O3. The molecule has 1 aromatic rings. The summed E-state index contributed by atoms with van der Waals surface area (Å²) in [6.07, 6.45) is 2.09. The fourth-order valence-corrected chi connectivity index (χ4v) is 6.00. The molecule has 3 aliphatic rings. The van der Waals surface area contributed by atoms with Crippen LogP contribution in [0.1, 0.15) is 71.3 Å². The molecule has 40 heavy (non-hydrogen) atoms. The number of allylic oxidation sites excluding steroid dienone is 4. The molecule has 1 N–H and O–H groups in total. The minimum atomic E-state index is -4.66. The maximum Gasteiger partial charge on any atom is 0.402 e. The second-order valence-electron chi connectivity index (χ2n) is 12.4. The minimum Gasteiger partial charge on any atom is -0.386 e. The number of carbonyl (C=O) groups is 1. The molecule has 1 saturated carbocycles. The first-order valence-electron chi connectivity index (χ1n) is 14.3. The molecule has 2 fully saturated rings. The molecule has 1 atom stereocenters. The van der Waals surface area contributed by atoms with E-state index in [2.05, 4.69) is 55.3 Å². The Labute approximate surface area is 234 Å². The van der Waals surface area contributed by atoms with Crippen molar-refractivity contribution in [2.24, 2.45) is 11.8 Å². The second-order valence-corrected chi connectivity index (χ2v) is 12.4. The van der Waals surface area contributed by atoms with Crippen LogP contribution in [0.2, 0.25) is 0 Å². The van der Waals surface area contributed by atoms with Gasteiger partial charge < -0.3 is 15.1 Å². The Kier molecular flexibility index (Phi) is 9.15. The Morgan fingerprint density at radius 2 is 1.62 bits per heavy atom. The van der Waals surface area contributed by atoms with E-state index in [4.69, 9.17) is 0 Å². The Bertz CT molecular complexity index is 1110. The first kappa shape index (κ1) is 29.9. The third-order valence-electron chi connectivity index (χ3n) is 8.58. The molecular weight excluding hydrogens is 521 g/mol. The SMILES string of the molecule is CC(C)(C)c1ccc(N2CCN(C(=O)CCC3CCC(NC4=CC=C([N+](=O)[O-])C(C(F)(F)F)C4)CC3)CC2)cc1. The molecule has 10 heteroatoms. The number of halogens is 3. The van der Waals surface area contributed by atoms with Gasteiger partial charge in [0.25, 0.3) is 5.70 Å². The fourth-order valence-electron chi connectivity index (χ4n) is 6.00. The number of carbonyl (C=O) groups excluding carboxylic acids is 1. The number of nitrogens with one attached hydrogen (secondary N) is 1. The van der Waals surface area contributed by atoms with Crippen molar-refractivity contribution in [3.05, 3.63) is 63.5 Å². The Morgan fingerprint density at radius 1 is 1.00 bits per heavy atom. The van der Waals surface area contributed by atoms with E-state index in [1.807, 2.05) is 4.90 Å². The number of piperazine rings is 1. The number of alkyl halides is 3. The highest BCUT2D eigenvalue weighted by Gasteiger charge is 2.49. The van der Waals surface area contributed by atoms with Crippen molar-refractivity contribution in [1.82, 2.24) is 10.2 Å². The molecule has 0 spiro atoms. The number of nitro groups is 1. The van der Waals surface area contributed by atoms with Gasteiger partial charge in [0.1, 0.15) is 0 Å². The van der Waals surface area contributed by atoms with Crippen molar-refractivity contribution in [3.8, 4) is 0 Å². The van der Waals surface area contributed by atoms with Gasteiger partial charge in [-0.1, -0.05) is 32.9 Å². The van der Waals surface area contributed by atoms with Crippen molar-refractivity contribution in [2.45, 2.75) is 83.4 Å². The lowest BCUT2D eigenvalue weighted by molar-refractivity contribution is -0.443. The van der Waals surface area contributed by atoms with Gasteiger partial charge >= 0.3 is 6.18 Å². The maximum absolute atomic E-state index is 13.4. The summed E-state index contributed by atoms with van der Waals surface area (Å²) in [4.78, 5) is 27.3. The van der Waals surface area contributed by atoms with Crippen LogP contribution in [-0.4, -0.2) is 54.1 Å². The number of benzene rings is 1. The number of anilines is 1. The van der Waals surface area contributed by atoms with Gasteiger partial charge in [0, 0.05) is 62.5 Å². The van der Waals surface area contributed by atoms with Crippen molar-refractivity contribution < 1.29 is 22.9 Å². The van der Waals surface area contributed by atoms with Gasteiger partial charge in [-0.05, 0) is 67.2 Å². The summed E-state index contributed by atoms with van der Waals surface area (Å²) in [5.41, 5.74) is 2.21. The van der Waals surface area contributed by atoms with Crippen LogP contribution in [0.15, 0.2) is 47.8 Å². The van der Waals surface area contributed by atoms with Gasteiger partial charge in [0.2, 0.25) is 5.91 Å². The van der Waals surface area contributed by atoms with E-state index in [9.17, 15) is 28.1 Å². The van der Waals surface area contributed by atoms with Gasteiger partial charge in [0.15, 0.2) is 5.92 Å². The number of rotatable bonds is 7. The largest absolute Gasteiger partial charge is 0.402 e. The second kappa shape index (κ2) is 12.2. The minimum absolute atomic E-state index is 0.0446. The number of hydrogen-bond acceptors (Lipinski definition) is 5. The highest BCUT2D eigenvalue weighted by atomic mass is 19.4. The molecule has 4 rings (SSSR count). The van der Waals surface area contributed by atoms with Crippen molar-refractivity contribution in [3.63, 3.8) is 0 Å². The van der Waals surface area contributed by atoms with E-state index in [1.165, 1.54) is 17.3 Å². The monoisotopic (exact) mass is 562 g/mol. The van der Waals surface area contributed by atoms with Gasteiger partial charge in [-0.15, -0.1) is 0 Å². The molecule has 0 bridgehead atoms. The molecule has 0 radical (unpaired) electrons. The molecule has 7 nitrogen and oxygen atoms in total. The lowest BCUT2D eigenvalue weighted by Gasteiger charge is -2.37. The van der Waals surface area contributed by atoms with Crippen LogP contribution in [0.3, 0.4) is 0 Å². The summed E-state index contributed by atoms with van der Waals surface area (Å²) in [6.45, 7) is 9.69. The van der Waals surface area contributed by atoms with E-state index < -0.39 is 29.1 Å². The maximum atomic E-state index is 13.4. The molecule has 1 aliphatic heterocycles. The van der Waals surface area contributed by atoms with E-state index >= 15 is 0 Å². The van der Waals surface area contributed by atoms with Crippen molar-refractivity contribution >= 4 is 11.6 Å². The van der Waals surface area contributed by atoms with Crippen molar-refractivity contribution in [1.29, 1.82) is 0 Å². The van der Waals surface area contributed by atoms with Crippen LogP contribution in [-0.2, 0) is 10.2 Å². The first-order chi connectivity index (χ1) is 18.8. The first-order valence-corrected chi connectivity index (χ1v) is 14.3. The molecule has 1 heterocycles. The zero-order chi connectivity index (χ0) is 29.1. The summed E-state index contributed by atoms with van der Waals surface area (Å²) < 4.78 is 40.1. The van der Waals surface area contributed by atoms with Crippen LogP contribution >= 0.6 is 0 Å². The average Bonchev–Trinajstić information content (AvgIpc) is 2.91. The molecule has 0 aromatic heterocycles. The average molecular weight is 563 g/mol. The van der Waals surface area contributed by atoms with Crippen LogP contribution in [0.25, 0.3) is 0 Å². The van der Waals surface area contributed by atoms with Crippen LogP contribution < -0.4 is 10.2 Å². The highest BCUT2D eigenvalue weighted by molar-refractivity contribution is 5.76. The lowest BCUT2D eigenvalue weighted by atomic mass is 9.83. The van der Waals surface area contributed by atoms with E-state index in [1.54, 1.807) is 0 Å². The third-order valence-corrected chi connectivity index (χ3v) is 8.58. The molecule has 1 unspecified atom stereocenters. The van der Waals surface area contributed by atoms with Crippen LogP contribution in [0.5, 0.6) is 0 Å². The van der Waals surface area contributed by atoms with Gasteiger partial charge in [-0.3, -0.25) is 14.9 Å². The molecule has 1 amide bonds. The standard InChI is InChI=1S/C30H41F3N4O3/c1-29(2,3)22-7-12-25(13-8-22)35-16-18-36(19-17-35)28(38)15-6-21-4-9-23(10-5-21)34-24-11-14-27(37(39)40)26(20-24)30(31,32)33/h7-8,11-14,21,23,26,34H,4-6,9-10,15-20H2,1-3H3. The summed E-state index contributed by atoms with van der Waals surface area (Å²) in [6, 6.07) is 8.76. The smallest absolute Gasteiger partial charge is 0.386 e. The quantitative estimate of drug-likeness (QED) is 0.317. The van der Waals surface area contributed by atoms with E-state index in [-0.39, 0.29) is 17.4 Å². The topological polar surface area (TPSA) is 78.7 Å². The van der Waals surface area contributed by atoms with Crippen LogP contribution in [0.4, 0.5) is 18.9 Å². The number of nitrogens with zero attached hydrogens (tertiary/aromatic N) is 3. The summed E-state index contributed by atoms with van der Waals surface area (Å²) in [5.74, 6) is -1.47. The van der Waals surface area contributed by atoms with Gasteiger partial charge in [0.05, 0.1) is 4.92 Å². The summed E-state index contributed by atoms with van der Waals surface area (Å²) in [7, 11) is 0. The fraction of sp³-hybridized carbons (Fsp3) is 0.633. The van der Waals surface area contributed by atoms with E-state index in [0.29, 0.717) is 18.0 Å². The molecule has 2 aliphatic carbocycles. The Morgan fingerprint density at radius 3 is 2.17 bits per heavy atom. The van der Waals surface area contributed by atoms with E-state index in [0.717, 1.165) is 64.4 Å². The van der Waals surface area contributed by atoms with Crippen LogP contribution in [0, 0.1) is 22.0 Å². The summed E-state index contributed by atoms with van der Waals surface area (Å²) in [5, 5.41) is 14.2. The number of amides is 1. The van der Waals surface area contributed by atoms with Gasteiger partial charge in [-0.25, -0.2) is 0 Å². The third kappa shape index (κ3) is 7.57. The number of hydrogen-bond donors (Lipinski definition) is 1. The predicted molar refractivity (Wildman–Crippen MR) is 149 cm³/mol. The summed E-state index contributed by atoms with van der Waals surface area (Å²) >= 11 is 0.